The van der Waals surface area contributed by atoms with Crippen molar-refractivity contribution in [3.63, 3.8) is 0 Å². The van der Waals surface area contributed by atoms with Gasteiger partial charge in [0.25, 0.3) is 0 Å². The average Bonchev–Trinajstić information content (AvgIpc) is 2.92. The van der Waals surface area contributed by atoms with E-state index in [1.54, 1.807) is 25.6 Å². The molecule has 0 spiro atoms. The molecule has 0 aliphatic heterocycles. The number of hydrogen-bond acceptors (Lipinski definition) is 6. The van der Waals surface area contributed by atoms with Gasteiger partial charge in [0, 0.05) is 12.6 Å². The molecule has 0 radical (unpaired) electrons. The number of aromatic nitrogens is 2. The van der Waals surface area contributed by atoms with Gasteiger partial charge < -0.3 is 14.8 Å². The van der Waals surface area contributed by atoms with E-state index >= 15 is 0 Å². The number of benzene rings is 1. The Kier molecular flexibility index (Phi) is 4.92. The Bertz CT molecular complexity index is 547. The van der Waals surface area contributed by atoms with Crippen molar-refractivity contribution >= 4 is 11.3 Å². The van der Waals surface area contributed by atoms with E-state index in [0.717, 1.165) is 27.1 Å². The molecule has 2 aromatic rings. The van der Waals surface area contributed by atoms with Gasteiger partial charge in [0.2, 0.25) is 0 Å². The first-order valence-electron chi connectivity index (χ1n) is 6.42. The van der Waals surface area contributed by atoms with Crippen LogP contribution in [0.5, 0.6) is 11.5 Å². The summed E-state index contributed by atoms with van der Waals surface area (Å²) in [6.45, 7) is 4.92. The molecule has 0 atom stereocenters. The van der Waals surface area contributed by atoms with Crippen molar-refractivity contribution in [1.29, 1.82) is 0 Å². The van der Waals surface area contributed by atoms with Crippen molar-refractivity contribution in [1.82, 2.24) is 15.5 Å². The molecule has 0 saturated carbocycles. The highest BCUT2D eigenvalue weighted by Crippen LogP contribution is 2.39. The lowest BCUT2D eigenvalue weighted by atomic mass is 10.2. The highest BCUT2D eigenvalue weighted by atomic mass is 32.1. The number of ether oxygens (including phenoxy) is 2. The second-order valence-electron chi connectivity index (χ2n) is 4.57. The Morgan fingerprint density at radius 1 is 1.15 bits per heavy atom. The van der Waals surface area contributed by atoms with E-state index in [-0.39, 0.29) is 0 Å². The first kappa shape index (κ1) is 14.7. The lowest BCUT2D eigenvalue weighted by molar-refractivity contribution is 0.397. The van der Waals surface area contributed by atoms with Gasteiger partial charge in [-0.25, -0.2) is 0 Å². The predicted octanol–water partition coefficient (Wildman–Crippen LogP) is 2.72. The molecular weight excluding hydrogens is 274 g/mol. The van der Waals surface area contributed by atoms with Crippen LogP contribution >= 0.6 is 11.3 Å². The third-order valence-electron chi connectivity index (χ3n) is 2.77. The topological polar surface area (TPSA) is 56.3 Å². The third kappa shape index (κ3) is 3.26. The Morgan fingerprint density at radius 2 is 1.80 bits per heavy atom. The number of methoxy groups -OCH3 is 2. The van der Waals surface area contributed by atoms with Crippen molar-refractivity contribution in [2.24, 2.45) is 0 Å². The van der Waals surface area contributed by atoms with Gasteiger partial charge in [-0.15, -0.1) is 10.2 Å². The summed E-state index contributed by atoms with van der Waals surface area (Å²) >= 11 is 1.54. The van der Waals surface area contributed by atoms with Crippen molar-refractivity contribution in [2.75, 3.05) is 14.2 Å². The molecule has 5 nitrogen and oxygen atoms in total. The minimum atomic E-state index is 0.420. The molecule has 0 bridgehead atoms. The van der Waals surface area contributed by atoms with Crippen LogP contribution in [0.15, 0.2) is 18.2 Å². The van der Waals surface area contributed by atoms with Crippen molar-refractivity contribution in [2.45, 2.75) is 26.4 Å². The summed E-state index contributed by atoms with van der Waals surface area (Å²) < 4.78 is 10.8. The largest absolute Gasteiger partial charge is 0.496 e. The molecule has 0 saturated heterocycles. The number of rotatable bonds is 6. The second kappa shape index (κ2) is 6.67. The SMILES string of the molecule is COc1cccc(OC)c1-c1nnc(CNC(C)C)s1. The smallest absolute Gasteiger partial charge is 0.155 e. The van der Waals surface area contributed by atoms with E-state index in [4.69, 9.17) is 9.47 Å². The summed E-state index contributed by atoms with van der Waals surface area (Å²) in [4.78, 5) is 0. The third-order valence-corrected chi connectivity index (χ3v) is 3.71. The van der Waals surface area contributed by atoms with Crippen LogP contribution in [0.4, 0.5) is 0 Å². The summed E-state index contributed by atoms with van der Waals surface area (Å²) in [6, 6.07) is 6.10. The molecule has 1 N–H and O–H groups in total. The van der Waals surface area contributed by atoms with Gasteiger partial charge >= 0.3 is 0 Å². The summed E-state index contributed by atoms with van der Waals surface area (Å²) in [5.74, 6) is 1.48. The first-order chi connectivity index (χ1) is 9.65. The predicted molar refractivity (Wildman–Crippen MR) is 80.4 cm³/mol. The summed E-state index contributed by atoms with van der Waals surface area (Å²) in [6.07, 6.45) is 0. The molecule has 0 fully saturated rings. The standard InChI is InChI=1S/C14H19N3O2S/c1-9(2)15-8-12-16-17-14(20-12)13-10(18-3)6-5-7-11(13)19-4/h5-7,9,15H,8H2,1-4H3. The molecule has 0 amide bonds. The van der Waals surface area contributed by atoms with E-state index in [1.165, 1.54) is 0 Å². The van der Waals surface area contributed by atoms with E-state index in [0.29, 0.717) is 12.6 Å². The van der Waals surface area contributed by atoms with E-state index in [2.05, 4.69) is 29.4 Å². The molecule has 1 aromatic carbocycles. The highest BCUT2D eigenvalue weighted by Gasteiger charge is 2.16. The fourth-order valence-electron chi connectivity index (χ4n) is 1.78. The van der Waals surface area contributed by atoms with Gasteiger partial charge in [-0.05, 0) is 12.1 Å². The molecule has 0 aliphatic carbocycles. The van der Waals surface area contributed by atoms with Crippen LogP contribution in [0.25, 0.3) is 10.6 Å². The summed E-state index contributed by atoms with van der Waals surface area (Å²) in [7, 11) is 3.28. The van der Waals surface area contributed by atoms with Crippen molar-refractivity contribution in [3.8, 4) is 22.1 Å². The van der Waals surface area contributed by atoms with Gasteiger partial charge in [0.05, 0.1) is 19.8 Å². The molecule has 1 heterocycles. The fourth-order valence-corrected chi connectivity index (χ4v) is 2.62. The number of hydrogen-bond donors (Lipinski definition) is 1. The van der Waals surface area contributed by atoms with Crippen molar-refractivity contribution < 1.29 is 9.47 Å². The molecule has 6 heteroatoms. The van der Waals surface area contributed by atoms with Gasteiger partial charge in [-0.3, -0.25) is 0 Å². The summed E-state index contributed by atoms with van der Waals surface area (Å²) in [5, 5.41) is 13.5. The number of nitrogens with zero attached hydrogens (tertiary/aromatic N) is 2. The zero-order valence-corrected chi connectivity index (χ0v) is 13.0. The van der Waals surface area contributed by atoms with Gasteiger partial charge in [-0.1, -0.05) is 31.3 Å². The minimum absolute atomic E-state index is 0.420. The Hall–Kier alpha value is -1.66. The van der Waals surface area contributed by atoms with E-state index < -0.39 is 0 Å². The average molecular weight is 293 g/mol. The zero-order chi connectivity index (χ0) is 14.5. The van der Waals surface area contributed by atoms with Crippen LogP contribution in [0.2, 0.25) is 0 Å². The molecule has 0 unspecified atom stereocenters. The summed E-state index contributed by atoms with van der Waals surface area (Å²) in [5.41, 5.74) is 0.853. The van der Waals surface area contributed by atoms with E-state index in [9.17, 15) is 0 Å². The zero-order valence-electron chi connectivity index (χ0n) is 12.1. The van der Waals surface area contributed by atoms with Crippen LogP contribution < -0.4 is 14.8 Å². The fraction of sp³-hybridized carbons (Fsp3) is 0.429. The lowest BCUT2D eigenvalue weighted by Gasteiger charge is -2.10. The second-order valence-corrected chi connectivity index (χ2v) is 5.64. The van der Waals surface area contributed by atoms with Crippen LogP contribution in [0, 0.1) is 0 Å². The van der Waals surface area contributed by atoms with E-state index in [1.807, 2.05) is 18.2 Å². The molecule has 20 heavy (non-hydrogen) atoms. The maximum atomic E-state index is 5.39. The highest BCUT2D eigenvalue weighted by molar-refractivity contribution is 7.14. The first-order valence-corrected chi connectivity index (χ1v) is 7.24. The van der Waals surface area contributed by atoms with Gasteiger partial charge in [0.1, 0.15) is 16.5 Å². The Balaban J connectivity index is 2.32. The lowest BCUT2D eigenvalue weighted by Crippen LogP contribution is -2.21. The minimum Gasteiger partial charge on any atom is -0.496 e. The Morgan fingerprint density at radius 3 is 2.35 bits per heavy atom. The van der Waals surface area contributed by atoms with Crippen molar-refractivity contribution in [3.05, 3.63) is 23.2 Å². The quantitative estimate of drug-likeness (QED) is 0.887. The Labute approximate surface area is 123 Å². The van der Waals surface area contributed by atoms with Crippen LogP contribution in [0.3, 0.4) is 0 Å². The number of nitrogens with one attached hydrogen (secondary N) is 1. The van der Waals surface area contributed by atoms with Crippen LogP contribution in [-0.2, 0) is 6.54 Å². The monoisotopic (exact) mass is 293 g/mol. The van der Waals surface area contributed by atoms with Crippen LogP contribution in [0.1, 0.15) is 18.9 Å². The van der Waals surface area contributed by atoms with Crippen LogP contribution in [-0.4, -0.2) is 30.5 Å². The maximum absolute atomic E-state index is 5.39. The van der Waals surface area contributed by atoms with Gasteiger partial charge in [0.15, 0.2) is 5.01 Å². The normalized spacial score (nSPS) is 10.8. The van der Waals surface area contributed by atoms with Gasteiger partial charge in [-0.2, -0.15) is 0 Å². The molecule has 2 rings (SSSR count). The molecule has 108 valence electrons. The molecule has 1 aromatic heterocycles. The molecular formula is C14H19N3O2S. The maximum Gasteiger partial charge on any atom is 0.155 e. The molecule has 0 aliphatic rings.